The van der Waals surface area contributed by atoms with E-state index in [1.807, 2.05) is 36.2 Å². The number of aliphatic hydroxyl groups is 5. The van der Waals surface area contributed by atoms with Gasteiger partial charge in [0.1, 0.15) is 35.7 Å². The minimum Gasteiger partial charge on any atom is -0.481 e. The third-order valence-corrected chi connectivity index (χ3v) is 11.8. The van der Waals surface area contributed by atoms with Gasteiger partial charge < -0.3 is 45.3 Å². The summed E-state index contributed by atoms with van der Waals surface area (Å²) < 4.78 is 21.4. The van der Waals surface area contributed by atoms with E-state index in [1.54, 1.807) is 37.5 Å². The van der Waals surface area contributed by atoms with Crippen LogP contribution in [0.15, 0.2) is 54.6 Å². The first-order chi connectivity index (χ1) is 27.0. The molecule has 12 nitrogen and oxygen atoms in total. The van der Waals surface area contributed by atoms with Crippen molar-refractivity contribution in [2.75, 3.05) is 19.8 Å². The molecule has 1 aromatic heterocycles. The van der Waals surface area contributed by atoms with Crippen molar-refractivity contribution in [3.63, 3.8) is 0 Å². The maximum Gasteiger partial charge on any atom is 0.305 e. The van der Waals surface area contributed by atoms with Crippen LogP contribution in [-0.2, 0) is 14.3 Å². The monoisotopic (exact) mass is 835 g/mol. The zero-order valence-electron chi connectivity index (χ0n) is 33.4. The molecular weight excluding hydrogens is 777 g/mol. The largest absolute Gasteiger partial charge is 0.481 e. The molecule has 316 valence electrons. The summed E-state index contributed by atoms with van der Waals surface area (Å²) in [5.41, 5.74) is 2.95. The lowest BCUT2D eigenvalue weighted by Gasteiger charge is -2.44. The highest BCUT2D eigenvalue weighted by atomic mass is 35.5. The number of amides is 1. The number of alkyl halides is 1. The van der Waals surface area contributed by atoms with Gasteiger partial charge in [0.2, 0.25) is 5.91 Å². The summed E-state index contributed by atoms with van der Waals surface area (Å²) in [4.78, 5) is 25.7. The molecule has 0 spiro atoms. The van der Waals surface area contributed by atoms with Gasteiger partial charge in [0.05, 0.1) is 36.1 Å². The standard InChI is InChI=1S/C24H26FNO4.C18H33ClN2O5S/c1-15(2)26-21-6-4-3-5-20(21)24(16-7-9-17(25)10-8-16)22(26)12-11-18(27)13-19(28)14-23(29)30;1-5-6-10-7-11(21(3)8-10)17(25)20-12(9(2)19)16-14(23)13(22)15(24)18(26-16)27-4/h3-12,15,18-19,27-28H,13-14H2,1-2H3,(H,29,30);9-16,18,22-24H,5-8H2,1-4H3,(H,20,25)/b12-11+;/t18-,19-;9-,10+,11-,12+,13-,14+,15+,16+,18+/m10/s1. The smallest absolute Gasteiger partial charge is 0.305 e. The molecule has 5 rings (SSSR count). The molecule has 0 saturated carbocycles. The number of aliphatic carboxylic acids is 1. The van der Waals surface area contributed by atoms with E-state index in [0.29, 0.717) is 5.92 Å². The van der Waals surface area contributed by atoms with Gasteiger partial charge >= 0.3 is 5.97 Å². The van der Waals surface area contributed by atoms with Crippen LogP contribution in [-0.4, -0.2) is 131 Å². The minimum atomic E-state index is -1.36. The molecule has 57 heavy (non-hydrogen) atoms. The number of benzene rings is 2. The van der Waals surface area contributed by atoms with Gasteiger partial charge in [0.15, 0.2) is 0 Å². The highest BCUT2D eigenvalue weighted by Gasteiger charge is 2.48. The van der Waals surface area contributed by atoms with Crippen molar-refractivity contribution in [2.45, 2.75) is 125 Å². The van der Waals surface area contributed by atoms with Crippen molar-refractivity contribution in [3.05, 3.63) is 66.1 Å². The molecule has 0 bridgehead atoms. The Hall–Kier alpha value is -3.05. The highest BCUT2D eigenvalue weighted by molar-refractivity contribution is 7.99. The summed E-state index contributed by atoms with van der Waals surface area (Å²) in [7, 11) is 1.94. The molecule has 0 unspecified atom stereocenters. The molecule has 2 aromatic carbocycles. The SMILES string of the molecule is CC(C)n1c(/C=C/[C@@H](O)C[C@@H](O)CC(=O)O)c(-c2ccc(F)cc2)c2ccccc21.CCC[C@@H]1C[C@@H](C(=O)N[C@@H]([C@H]2O[C@H](SC)[C@H](O)[C@@H](O)[C@H]2O)[C@H](C)Cl)N(C)C1. The zero-order chi connectivity index (χ0) is 42.1. The maximum atomic E-state index is 13.5. The normalized spacial score (nSPS) is 26.2. The molecule has 7 N–H and O–H groups in total. The maximum absolute atomic E-state index is 13.5. The van der Waals surface area contributed by atoms with E-state index in [-0.39, 0.29) is 30.2 Å². The topological polar surface area (TPSA) is 185 Å². The van der Waals surface area contributed by atoms with E-state index in [1.165, 1.54) is 23.9 Å². The van der Waals surface area contributed by atoms with Crippen LogP contribution in [0.3, 0.4) is 0 Å². The van der Waals surface area contributed by atoms with E-state index in [4.69, 9.17) is 21.4 Å². The predicted molar refractivity (Wildman–Crippen MR) is 223 cm³/mol. The Bertz CT molecular complexity index is 1790. The number of hydrogen-bond acceptors (Lipinski definition) is 10. The quantitative estimate of drug-likeness (QED) is 0.102. The lowest BCUT2D eigenvalue weighted by molar-refractivity contribution is -0.205. The van der Waals surface area contributed by atoms with Crippen LogP contribution in [0.5, 0.6) is 0 Å². The molecule has 11 atom stereocenters. The summed E-state index contributed by atoms with van der Waals surface area (Å²) >= 11 is 7.55. The van der Waals surface area contributed by atoms with Gasteiger partial charge in [-0.2, -0.15) is 0 Å². The highest BCUT2D eigenvalue weighted by Crippen LogP contribution is 2.38. The fourth-order valence-electron chi connectivity index (χ4n) is 7.88. The van der Waals surface area contributed by atoms with Gasteiger partial charge in [-0.1, -0.05) is 49.8 Å². The number of ether oxygens (including phenoxy) is 1. The van der Waals surface area contributed by atoms with Crippen LogP contribution in [0.25, 0.3) is 28.1 Å². The second kappa shape index (κ2) is 21.3. The second-order valence-electron chi connectivity index (χ2n) is 15.4. The number of carbonyl (C=O) groups excluding carboxylic acids is 1. The van der Waals surface area contributed by atoms with Crippen molar-refractivity contribution in [1.29, 1.82) is 0 Å². The Kier molecular flexibility index (Phi) is 17.4. The molecule has 0 aliphatic carbocycles. The van der Waals surface area contributed by atoms with Crippen LogP contribution in [0.4, 0.5) is 4.39 Å². The van der Waals surface area contributed by atoms with E-state index in [2.05, 4.69) is 30.7 Å². The van der Waals surface area contributed by atoms with Gasteiger partial charge in [-0.25, -0.2) is 4.39 Å². The Morgan fingerprint density at radius 2 is 1.72 bits per heavy atom. The summed E-state index contributed by atoms with van der Waals surface area (Å²) in [5.74, 6) is -1.08. The Balaban J connectivity index is 0.000000254. The fraction of sp³-hybridized carbons (Fsp3) is 0.571. The van der Waals surface area contributed by atoms with Gasteiger partial charge in [-0.3, -0.25) is 14.5 Å². The Morgan fingerprint density at radius 1 is 1.05 bits per heavy atom. The number of rotatable bonds is 15. The molecule has 2 fully saturated rings. The third-order valence-electron chi connectivity index (χ3n) is 10.6. The molecule has 2 aliphatic heterocycles. The van der Waals surface area contributed by atoms with Crippen LogP contribution in [0, 0.1) is 11.7 Å². The number of fused-ring (bicyclic) bond motifs is 1. The van der Waals surface area contributed by atoms with E-state index < -0.39 is 65.9 Å². The number of carboxylic acid groups (broad SMARTS) is 1. The number of para-hydroxylation sites is 1. The number of halogens is 2. The molecule has 3 heterocycles. The number of thioether (sulfide) groups is 1. The molecule has 0 radical (unpaired) electrons. The summed E-state index contributed by atoms with van der Waals surface area (Å²) in [6.07, 6.45) is 0.629. The van der Waals surface area contributed by atoms with Gasteiger partial charge in [0.25, 0.3) is 0 Å². The lowest BCUT2D eigenvalue weighted by atomic mass is 9.92. The van der Waals surface area contributed by atoms with Gasteiger partial charge in [-0.05, 0) is 82.7 Å². The first-order valence-corrected chi connectivity index (χ1v) is 21.2. The number of aliphatic hydroxyl groups excluding tert-OH is 5. The summed E-state index contributed by atoms with van der Waals surface area (Å²) in [6, 6.07) is 13.4. The number of carbonyl (C=O) groups is 2. The van der Waals surface area contributed by atoms with Crippen molar-refractivity contribution < 1.29 is 49.4 Å². The van der Waals surface area contributed by atoms with Crippen LogP contribution >= 0.6 is 23.4 Å². The van der Waals surface area contributed by atoms with Crippen molar-refractivity contribution in [3.8, 4) is 11.1 Å². The number of hydrogen-bond donors (Lipinski definition) is 7. The van der Waals surface area contributed by atoms with Crippen LogP contribution in [0.2, 0.25) is 0 Å². The number of nitrogens with zero attached hydrogens (tertiary/aromatic N) is 2. The van der Waals surface area contributed by atoms with Gasteiger partial charge in [0, 0.05) is 41.2 Å². The molecule has 1 amide bonds. The second-order valence-corrected chi connectivity index (χ2v) is 17.0. The first-order valence-electron chi connectivity index (χ1n) is 19.5. The average Bonchev–Trinajstić information content (AvgIpc) is 3.69. The van der Waals surface area contributed by atoms with Crippen molar-refractivity contribution in [1.82, 2.24) is 14.8 Å². The Morgan fingerprint density at radius 3 is 2.32 bits per heavy atom. The first kappa shape index (κ1) is 46.6. The third kappa shape index (κ3) is 11.8. The number of carboxylic acids is 1. The number of likely N-dealkylation sites (N-methyl/N-ethyl adjacent to an activating group) is 1. The number of aromatic nitrogens is 1. The lowest BCUT2D eigenvalue weighted by Crippen LogP contribution is -2.65. The minimum absolute atomic E-state index is 0.0728. The van der Waals surface area contributed by atoms with Crippen LogP contribution in [0.1, 0.15) is 71.5 Å². The van der Waals surface area contributed by atoms with Gasteiger partial charge in [-0.15, -0.1) is 23.4 Å². The summed E-state index contributed by atoms with van der Waals surface area (Å²) in [5, 5.41) is 62.9. The molecule has 2 aliphatic rings. The molecular formula is C42H59ClFN3O9S. The van der Waals surface area contributed by atoms with E-state index in [0.717, 1.165) is 53.5 Å². The Labute approximate surface area is 343 Å². The van der Waals surface area contributed by atoms with E-state index >= 15 is 0 Å². The molecule has 15 heteroatoms. The molecule has 3 aromatic rings. The predicted octanol–water partition coefficient (Wildman–Crippen LogP) is 5.02. The number of nitrogens with one attached hydrogen (secondary N) is 1. The van der Waals surface area contributed by atoms with Crippen LogP contribution < -0.4 is 5.32 Å². The fourth-order valence-corrected chi connectivity index (χ4v) is 8.77. The van der Waals surface area contributed by atoms with Crippen molar-refractivity contribution >= 4 is 52.2 Å². The van der Waals surface area contributed by atoms with Crippen molar-refractivity contribution in [2.24, 2.45) is 5.92 Å². The van der Waals surface area contributed by atoms with E-state index in [9.17, 15) is 39.5 Å². The number of likely N-dealkylation sites (tertiary alicyclic amines) is 1. The average molecular weight is 836 g/mol. The zero-order valence-corrected chi connectivity index (χ0v) is 35.0. The molecule has 2 saturated heterocycles. The summed E-state index contributed by atoms with van der Waals surface area (Å²) in [6.45, 7) is 8.86.